The fraction of sp³-hybridized carbons (Fsp3) is 0.0714. The molecule has 0 aliphatic heterocycles. The van der Waals surface area contributed by atoms with E-state index in [1.54, 1.807) is 25.3 Å². The third-order valence-corrected chi connectivity index (χ3v) is 2.84. The molecule has 5 heteroatoms. The van der Waals surface area contributed by atoms with Crippen LogP contribution < -0.4 is 10.5 Å². The standard InChI is InChI=1S/C14H11FN2O2/c1-18-11-3-2-4-12-13(11)17-14(19-12)8-5-6-9(15)10(16)7-8/h2-7H,16H2,1H3. The molecule has 2 N–H and O–H groups in total. The number of ether oxygens (including phenoxy) is 1. The predicted molar refractivity (Wildman–Crippen MR) is 70.4 cm³/mol. The van der Waals surface area contributed by atoms with Crippen LogP contribution in [0.4, 0.5) is 10.1 Å². The van der Waals surface area contributed by atoms with Crippen molar-refractivity contribution in [1.29, 1.82) is 0 Å². The van der Waals surface area contributed by atoms with Crippen molar-refractivity contribution in [2.24, 2.45) is 0 Å². The van der Waals surface area contributed by atoms with Gasteiger partial charge in [-0.05, 0) is 30.3 Å². The van der Waals surface area contributed by atoms with Crippen LogP contribution in [0.3, 0.4) is 0 Å². The third-order valence-electron chi connectivity index (χ3n) is 2.84. The normalized spacial score (nSPS) is 10.8. The van der Waals surface area contributed by atoms with Crippen molar-refractivity contribution in [3.8, 4) is 17.2 Å². The summed E-state index contributed by atoms with van der Waals surface area (Å²) in [7, 11) is 1.57. The van der Waals surface area contributed by atoms with Crippen LogP contribution in [0.15, 0.2) is 40.8 Å². The van der Waals surface area contributed by atoms with Crippen LogP contribution in [-0.4, -0.2) is 12.1 Å². The van der Waals surface area contributed by atoms with Crippen molar-refractivity contribution in [3.05, 3.63) is 42.2 Å². The van der Waals surface area contributed by atoms with Gasteiger partial charge in [0.1, 0.15) is 11.6 Å². The molecule has 2 aromatic carbocycles. The van der Waals surface area contributed by atoms with Crippen LogP contribution >= 0.6 is 0 Å². The minimum atomic E-state index is -0.461. The fourth-order valence-corrected chi connectivity index (χ4v) is 1.89. The maximum absolute atomic E-state index is 13.1. The molecule has 0 bridgehead atoms. The fourth-order valence-electron chi connectivity index (χ4n) is 1.89. The summed E-state index contributed by atoms with van der Waals surface area (Å²) < 4.78 is 24.0. The molecule has 1 aromatic heterocycles. The van der Waals surface area contributed by atoms with Gasteiger partial charge in [0.2, 0.25) is 5.89 Å². The lowest BCUT2D eigenvalue weighted by molar-refractivity contribution is 0.419. The molecule has 3 rings (SSSR count). The van der Waals surface area contributed by atoms with Crippen LogP contribution in [-0.2, 0) is 0 Å². The Bertz CT molecular complexity index is 752. The molecule has 0 amide bonds. The van der Waals surface area contributed by atoms with Crippen molar-refractivity contribution in [1.82, 2.24) is 4.98 Å². The van der Waals surface area contributed by atoms with Crippen molar-refractivity contribution in [2.45, 2.75) is 0 Å². The molecule has 0 atom stereocenters. The van der Waals surface area contributed by atoms with Gasteiger partial charge in [0, 0.05) is 5.56 Å². The Morgan fingerprint density at radius 2 is 2.11 bits per heavy atom. The van der Waals surface area contributed by atoms with Crippen molar-refractivity contribution in [3.63, 3.8) is 0 Å². The Balaban J connectivity index is 2.17. The average Bonchev–Trinajstić information content (AvgIpc) is 2.85. The van der Waals surface area contributed by atoms with E-state index in [2.05, 4.69) is 4.98 Å². The molecule has 0 aliphatic carbocycles. The van der Waals surface area contributed by atoms with Gasteiger partial charge in [-0.3, -0.25) is 0 Å². The Kier molecular flexibility index (Phi) is 2.59. The SMILES string of the molecule is COc1cccc2oc(-c3ccc(F)c(N)c3)nc12. The van der Waals surface area contributed by atoms with Crippen LogP contribution in [0, 0.1) is 5.82 Å². The molecule has 4 nitrogen and oxygen atoms in total. The second-order valence-corrected chi connectivity index (χ2v) is 4.06. The number of methoxy groups -OCH3 is 1. The highest BCUT2D eigenvalue weighted by atomic mass is 19.1. The number of halogens is 1. The number of anilines is 1. The van der Waals surface area contributed by atoms with Gasteiger partial charge < -0.3 is 14.9 Å². The molecule has 0 saturated carbocycles. The first-order valence-corrected chi connectivity index (χ1v) is 5.68. The molecule has 0 saturated heterocycles. The first-order valence-electron chi connectivity index (χ1n) is 5.68. The van der Waals surface area contributed by atoms with Crippen LogP contribution in [0.1, 0.15) is 0 Å². The first-order chi connectivity index (χ1) is 9.19. The van der Waals surface area contributed by atoms with Crippen LogP contribution in [0.2, 0.25) is 0 Å². The molecule has 3 aromatic rings. The molecule has 0 aliphatic rings. The number of para-hydroxylation sites is 1. The number of hydrogen-bond donors (Lipinski definition) is 1. The van der Waals surface area contributed by atoms with Crippen molar-refractivity contribution in [2.75, 3.05) is 12.8 Å². The lowest BCUT2D eigenvalue weighted by Crippen LogP contribution is -1.90. The number of fused-ring (bicyclic) bond motifs is 1. The molecule has 1 heterocycles. The van der Waals surface area contributed by atoms with E-state index in [1.165, 1.54) is 12.1 Å². The highest BCUT2D eigenvalue weighted by Gasteiger charge is 2.12. The number of benzene rings is 2. The molecule has 0 fully saturated rings. The lowest BCUT2D eigenvalue weighted by atomic mass is 10.2. The highest BCUT2D eigenvalue weighted by Crippen LogP contribution is 2.30. The van der Waals surface area contributed by atoms with E-state index in [0.717, 1.165) is 0 Å². The van der Waals surface area contributed by atoms with E-state index in [-0.39, 0.29) is 5.69 Å². The summed E-state index contributed by atoms with van der Waals surface area (Å²) in [6.45, 7) is 0. The number of rotatable bonds is 2. The van der Waals surface area contributed by atoms with Gasteiger partial charge in [-0.2, -0.15) is 0 Å². The zero-order valence-electron chi connectivity index (χ0n) is 10.2. The summed E-state index contributed by atoms with van der Waals surface area (Å²) >= 11 is 0. The minimum absolute atomic E-state index is 0.0618. The van der Waals surface area contributed by atoms with Gasteiger partial charge in [0.15, 0.2) is 11.1 Å². The van der Waals surface area contributed by atoms with E-state index in [1.807, 2.05) is 6.07 Å². The average molecular weight is 258 g/mol. The van der Waals surface area contributed by atoms with Gasteiger partial charge in [-0.1, -0.05) is 6.07 Å². The summed E-state index contributed by atoms with van der Waals surface area (Å²) in [4.78, 5) is 4.35. The van der Waals surface area contributed by atoms with E-state index in [4.69, 9.17) is 14.9 Å². The Morgan fingerprint density at radius 1 is 1.26 bits per heavy atom. The topological polar surface area (TPSA) is 61.3 Å². The molecule has 96 valence electrons. The van der Waals surface area contributed by atoms with Gasteiger partial charge in [-0.25, -0.2) is 9.37 Å². The smallest absolute Gasteiger partial charge is 0.227 e. The van der Waals surface area contributed by atoms with Crippen molar-refractivity contribution < 1.29 is 13.5 Å². The Hall–Kier alpha value is -2.56. The zero-order chi connectivity index (χ0) is 13.4. The number of oxazole rings is 1. The molecule has 0 radical (unpaired) electrons. The number of nitrogens with zero attached hydrogens (tertiary/aromatic N) is 1. The largest absolute Gasteiger partial charge is 0.494 e. The van der Waals surface area contributed by atoms with Crippen LogP contribution in [0.5, 0.6) is 5.75 Å². The summed E-state index contributed by atoms with van der Waals surface area (Å²) in [6.07, 6.45) is 0. The number of hydrogen-bond acceptors (Lipinski definition) is 4. The van der Waals surface area contributed by atoms with E-state index in [9.17, 15) is 4.39 Å². The van der Waals surface area contributed by atoms with Gasteiger partial charge in [0.25, 0.3) is 0 Å². The van der Waals surface area contributed by atoms with Crippen LogP contribution in [0.25, 0.3) is 22.6 Å². The Morgan fingerprint density at radius 3 is 2.84 bits per heavy atom. The minimum Gasteiger partial charge on any atom is -0.494 e. The Labute approximate surface area is 108 Å². The van der Waals surface area contributed by atoms with Gasteiger partial charge >= 0.3 is 0 Å². The molecular weight excluding hydrogens is 247 g/mol. The van der Waals surface area contributed by atoms with Gasteiger partial charge in [-0.15, -0.1) is 0 Å². The van der Waals surface area contributed by atoms with E-state index in [0.29, 0.717) is 28.3 Å². The quantitative estimate of drug-likeness (QED) is 0.717. The molecule has 19 heavy (non-hydrogen) atoms. The maximum atomic E-state index is 13.1. The molecule has 0 spiro atoms. The third kappa shape index (κ3) is 1.89. The highest BCUT2D eigenvalue weighted by molar-refractivity contribution is 5.82. The summed E-state index contributed by atoms with van der Waals surface area (Å²) in [5.74, 6) is 0.547. The molecule has 0 unspecified atom stereocenters. The summed E-state index contributed by atoms with van der Waals surface area (Å²) in [5, 5.41) is 0. The van der Waals surface area contributed by atoms with Crippen molar-refractivity contribution >= 4 is 16.8 Å². The monoisotopic (exact) mass is 258 g/mol. The zero-order valence-corrected chi connectivity index (χ0v) is 10.2. The number of nitrogen functional groups attached to an aromatic ring is 1. The summed E-state index contributed by atoms with van der Waals surface area (Å²) in [6, 6.07) is 9.76. The van der Waals surface area contributed by atoms with E-state index >= 15 is 0 Å². The second-order valence-electron chi connectivity index (χ2n) is 4.06. The number of aromatic nitrogens is 1. The van der Waals surface area contributed by atoms with Gasteiger partial charge in [0.05, 0.1) is 12.8 Å². The summed E-state index contributed by atoms with van der Waals surface area (Å²) in [5.41, 5.74) is 7.46. The molecular formula is C14H11FN2O2. The first kappa shape index (κ1) is 11.5. The second kappa shape index (κ2) is 4.28. The lowest BCUT2D eigenvalue weighted by Gasteiger charge is -1.98. The number of nitrogens with two attached hydrogens (primary N) is 1. The maximum Gasteiger partial charge on any atom is 0.227 e. The van der Waals surface area contributed by atoms with E-state index < -0.39 is 5.82 Å². The predicted octanol–water partition coefficient (Wildman–Crippen LogP) is 3.22.